The van der Waals surface area contributed by atoms with E-state index in [1.807, 2.05) is 4.68 Å². The number of nitrogens with one attached hydrogen (secondary N) is 1. The standard InChI is InChI=1S/C30H28F2N4O/c1-4-18-22(31)8-5-15-10-17(37)11-19(24(15)18)28-27(32)30-26(23(34-28)9-14(2)3)29(35-36(30)16-6-7-16)25-20-12-33-13-21(20)25/h1,5,8,10-11,14,16,20-21,25,33,37H,6-7,9,12-13H2,2-3H3/t20-,21+,25?. The zero-order chi connectivity index (χ0) is 25.6. The van der Waals surface area contributed by atoms with Crippen molar-refractivity contribution < 1.29 is 13.9 Å². The van der Waals surface area contributed by atoms with Crippen LogP contribution in [0.4, 0.5) is 8.78 Å². The molecule has 2 N–H and O–H groups in total. The first kappa shape index (κ1) is 22.7. The molecule has 2 aromatic heterocycles. The molecule has 188 valence electrons. The summed E-state index contributed by atoms with van der Waals surface area (Å²) >= 11 is 0. The highest BCUT2D eigenvalue weighted by molar-refractivity contribution is 6.02. The summed E-state index contributed by atoms with van der Waals surface area (Å²) in [5.41, 5.74) is 2.67. The lowest BCUT2D eigenvalue weighted by atomic mass is 9.94. The van der Waals surface area contributed by atoms with Gasteiger partial charge in [-0.25, -0.2) is 13.8 Å². The van der Waals surface area contributed by atoms with Gasteiger partial charge in [0.2, 0.25) is 0 Å². The number of aromatic nitrogens is 3. The molecule has 5 nitrogen and oxygen atoms in total. The molecule has 0 radical (unpaired) electrons. The maximum Gasteiger partial charge on any atom is 0.175 e. The van der Waals surface area contributed by atoms with E-state index in [0.717, 1.165) is 42.7 Å². The minimum atomic E-state index is -0.565. The highest BCUT2D eigenvalue weighted by Gasteiger charge is 2.56. The Bertz CT molecular complexity index is 1640. The quantitative estimate of drug-likeness (QED) is 0.348. The minimum absolute atomic E-state index is 0.0360. The molecule has 1 aliphatic heterocycles. The molecule has 0 amide bonds. The molecule has 2 aliphatic carbocycles. The van der Waals surface area contributed by atoms with Gasteiger partial charge < -0.3 is 10.4 Å². The van der Waals surface area contributed by atoms with Gasteiger partial charge in [0.25, 0.3) is 0 Å². The molecule has 1 unspecified atom stereocenters. The Morgan fingerprint density at radius 3 is 2.59 bits per heavy atom. The van der Waals surface area contributed by atoms with E-state index in [2.05, 4.69) is 25.1 Å². The highest BCUT2D eigenvalue weighted by Crippen LogP contribution is 2.58. The largest absolute Gasteiger partial charge is 0.508 e. The van der Waals surface area contributed by atoms with E-state index in [4.69, 9.17) is 16.5 Å². The smallest absolute Gasteiger partial charge is 0.175 e. The second-order valence-corrected chi connectivity index (χ2v) is 11.3. The van der Waals surface area contributed by atoms with Crippen LogP contribution in [0.5, 0.6) is 5.75 Å². The van der Waals surface area contributed by atoms with E-state index in [0.29, 0.717) is 46.0 Å². The van der Waals surface area contributed by atoms with Gasteiger partial charge in [-0.1, -0.05) is 25.8 Å². The van der Waals surface area contributed by atoms with E-state index in [1.165, 1.54) is 18.2 Å². The second kappa shape index (κ2) is 8.00. The zero-order valence-electron chi connectivity index (χ0n) is 20.9. The normalized spacial score (nSPS) is 22.6. The van der Waals surface area contributed by atoms with E-state index in [9.17, 15) is 9.50 Å². The summed E-state index contributed by atoms with van der Waals surface area (Å²) in [5, 5.41) is 20.8. The van der Waals surface area contributed by atoms with Crippen LogP contribution in [0.25, 0.3) is 32.9 Å². The van der Waals surface area contributed by atoms with Crippen molar-refractivity contribution in [1.29, 1.82) is 0 Å². The number of benzene rings is 2. The average molecular weight is 499 g/mol. The van der Waals surface area contributed by atoms with Crippen molar-refractivity contribution in [2.24, 2.45) is 17.8 Å². The number of phenols is 1. The van der Waals surface area contributed by atoms with Crippen LogP contribution in [0.2, 0.25) is 0 Å². The molecule has 0 bridgehead atoms. The summed E-state index contributed by atoms with van der Waals surface area (Å²) in [7, 11) is 0. The monoisotopic (exact) mass is 498 g/mol. The van der Waals surface area contributed by atoms with Crippen molar-refractivity contribution in [3.63, 3.8) is 0 Å². The molecular formula is C30H28F2N4O. The van der Waals surface area contributed by atoms with Gasteiger partial charge in [0, 0.05) is 22.3 Å². The van der Waals surface area contributed by atoms with Crippen molar-refractivity contribution in [3.05, 3.63) is 52.9 Å². The topological polar surface area (TPSA) is 63.0 Å². The van der Waals surface area contributed by atoms with Gasteiger partial charge in [-0.15, -0.1) is 6.42 Å². The van der Waals surface area contributed by atoms with Crippen LogP contribution in [0, 0.1) is 41.7 Å². The van der Waals surface area contributed by atoms with Crippen LogP contribution in [0.3, 0.4) is 0 Å². The van der Waals surface area contributed by atoms with Crippen LogP contribution in [0.1, 0.15) is 55.6 Å². The van der Waals surface area contributed by atoms with Gasteiger partial charge in [-0.3, -0.25) is 4.68 Å². The van der Waals surface area contributed by atoms with Gasteiger partial charge >= 0.3 is 0 Å². The average Bonchev–Trinajstić information content (AvgIpc) is 3.74. The van der Waals surface area contributed by atoms with Crippen molar-refractivity contribution in [2.45, 2.75) is 45.1 Å². The molecule has 1 saturated heterocycles. The molecule has 2 aromatic carbocycles. The molecule has 3 fully saturated rings. The van der Waals surface area contributed by atoms with Crippen molar-refractivity contribution in [2.75, 3.05) is 13.1 Å². The molecule has 37 heavy (non-hydrogen) atoms. The van der Waals surface area contributed by atoms with Gasteiger partial charge in [0.15, 0.2) is 5.82 Å². The number of terminal acetylenes is 1. The number of pyridine rings is 1. The lowest BCUT2D eigenvalue weighted by Crippen LogP contribution is -2.14. The van der Waals surface area contributed by atoms with Gasteiger partial charge in [0.05, 0.1) is 23.0 Å². The molecule has 3 aliphatic rings. The number of hydrogen-bond donors (Lipinski definition) is 2. The number of fused-ring (bicyclic) bond motifs is 3. The number of halogens is 2. The summed E-state index contributed by atoms with van der Waals surface area (Å²) in [6.07, 6.45) is 8.29. The van der Waals surface area contributed by atoms with Crippen molar-refractivity contribution in [1.82, 2.24) is 20.1 Å². The summed E-state index contributed by atoms with van der Waals surface area (Å²) in [5.74, 6) is 3.00. The molecule has 2 saturated carbocycles. The molecule has 7 rings (SSSR count). The Labute approximate surface area is 213 Å². The summed E-state index contributed by atoms with van der Waals surface area (Å²) in [6.45, 7) is 6.17. The van der Waals surface area contributed by atoms with E-state index in [-0.39, 0.29) is 29.0 Å². The number of phenolic OH excluding ortho intramolecular Hbond substituents is 1. The fraction of sp³-hybridized carbons (Fsp3) is 0.400. The molecule has 4 aromatic rings. The molecule has 3 heterocycles. The number of rotatable bonds is 5. The molecule has 3 atom stereocenters. The first-order chi connectivity index (χ1) is 17.9. The third-order valence-electron chi connectivity index (χ3n) is 8.24. The fourth-order valence-corrected chi connectivity index (χ4v) is 6.40. The SMILES string of the molecule is C#Cc1c(F)ccc2cc(O)cc(-c3nc(CC(C)C)c4c(C5[C@H]6CNC[C@@H]56)nn(C5CC5)c4c3F)c12. The Morgan fingerprint density at radius 1 is 1.16 bits per heavy atom. The minimum Gasteiger partial charge on any atom is -0.508 e. The highest BCUT2D eigenvalue weighted by atomic mass is 19.1. The predicted molar refractivity (Wildman–Crippen MR) is 139 cm³/mol. The van der Waals surface area contributed by atoms with Gasteiger partial charge in [-0.2, -0.15) is 5.10 Å². The van der Waals surface area contributed by atoms with Crippen LogP contribution in [-0.4, -0.2) is 33.0 Å². The Kier molecular flexibility index (Phi) is 4.90. The van der Waals surface area contributed by atoms with E-state index in [1.54, 1.807) is 6.07 Å². The third-order valence-corrected chi connectivity index (χ3v) is 8.24. The van der Waals surface area contributed by atoms with E-state index >= 15 is 4.39 Å². The van der Waals surface area contributed by atoms with Crippen LogP contribution >= 0.6 is 0 Å². The van der Waals surface area contributed by atoms with Crippen LogP contribution in [0.15, 0.2) is 24.3 Å². The Balaban J connectivity index is 1.56. The van der Waals surface area contributed by atoms with Crippen LogP contribution in [-0.2, 0) is 6.42 Å². The molecule has 0 spiro atoms. The molecule has 7 heteroatoms. The second-order valence-electron chi connectivity index (χ2n) is 11.3. The summed E-state index contributed by atoms with van der Waals surface area (Å²) in [6, 6.07) is 5.94. The Hall–Kier alpha value is -3.50. The lowest BCUT2D eigenvalue weighted by molar-refractivity contribution is 0.476. The van der Waals surface area contributed by atoms with E-state index < -0.39 is 11.6 Å². The molecular weight excluding hydrogens is 470 g/mol. The van der Waals surface area contributed by atoms with Crippen molar-refractivity contribution in [3.8, 4) is 29.4 Å². The summed E-state index contributed by atoms with van der Waals surface area (Å²) < 4.78 is 33.4. The predicted octanol–water partition coefficient (Wildman–Crippen LogP) is 5.68. The number of hydrogen-bond acceptors (Lipinski definition) is 4. The maximum atomic E-state index is 16.7. The van der Waals surface area contributed by atoms with Crippen molar-refractivity contribution >= 4 is 21.7 Å². The number of piperidine rings is 1. The maximum absolute atomic E-state index is 16.7. The fourth-order valence-electron chi connectivity index (χ4n) is 6.40. The zero-order valence-corrected chi connectivity index (χ0v) is 20.9. The van der Waals surface area contributed by atoms with Gasteiger partial charge in [0.1, 0.15) is 22.8 Å². The first-order valence-electron chi connectivity index (χ1n) is 13.1. The summed E-state index contributed by atoms with van der Waals surface area (Å²) in [4.78, 5) is 4.92. The Morgan fingerprint density at radius 2 is 1.92 bits per heavy atom. The van der Waals surface area contributed by atoms with Crippen LogP contribution < -0.4 is 5.32 Å². The lowest BCUT2D eigenvalue weighted by Gasteiger charge is -2.15. The number of nitrogens with zero attached hydrogens (tertiary/aromatic N) is 3. The third kappa shape index (κ3) is 3.39. The van der Waals surface area contributed by atoms with Gasteiger partial charge in [-0.05, 0) is 73.7 Å². The first-order valence-corrected chi connectivity index (χ1v) is 13.1. The number of aromatic hydroxyl groups is 1.